The summed E-state index contributed by atoms with van der Waals surface area (Å²) in [6.45, 7) is 9.48. The molecule has 0 spiro atoms. The van der Waals surface area contributed by atoms with Crippen LogP contribution in [0.3, 0.4) is 0 Å². The van der Waals surface area contributed by atoms with Gasteiger partial charge in [-0.15, -0.1) is 0 Å². The molecule has 2 fully saturated rings. The van der Waals surface area contributed by atoms with Crippen LogP contribution in [0.5, 0.6) is 0 Å². The third-order valence-electron chi connectivity index (χ3n) is 4.36. The number of hydrogen-bond acceptors (Lipinski definition) is 4. The Kier molecular flexibility index (Phi) is 3.91. The van der Waals surface area contributed by atoms with Gasteiger partial charge in [-0.25, -0.2) is 0 Å². The lowest BCUT2D eigenvalue weighted by atomic mass is 9.79. The lowest BCUT2D eigenvalue weighted by Gasteiger charge is -2.40. The Morgan fingerprint density at radius 1 is 1.26 bits per heavy atom. The Balaban J connectivity index is 1.52. The maximum atomic E-state index is 5.83. The average Bonchev–Trinajstić information content (AvgIpc) is 2.81. The van der Waals surface area contributed by atoms with E-state index in [1.807, 2.05) is 6.92 Å². The molecule has 0 saturated carbocycles. The minimum atomic E-state index is 0.155. The first kappa shape index (κ1) is 13.2. The molecule has 0 aromatic carbocycles. The molecule has 0 radical (unpaired) electrons. The maximum Gasteiger partial charge on any atom is 0.114 e. The van der Waals surface area contributed by atoms with E-state index in [9.17, 15) is 0 Å². The van der Waals surface area contributed by atoms with Gasteiger partial charge in [-0.2, -0.15) is 0 Å². The van der Waals surface area contributed by atoms with Crippen molar-refractivity contribution < 1.29 is 9.15 Å². The normalized spacial score (nSPS) is 23.2. The van der Waals surface area contributed by atoms with Gasteiger partial charge in [0.25, 0.3) is 0 Å². The minimum Gasteiger partial charge on any atom is -0.466 e. The minimum absolute atomic E-state index is 0.155. The van der Waals surface area contributed by atoms with E-state index in [0.29, 0.717) is 0 Å². The van der Waals surface area contributed by atoms with Crippen LogP contribution in [-0.2, 0) is 10.2 Å². The highest BCUT2D eigenvalue weighted by molar-refractivity contribution is 5.20. The van der Waals surface area contributed by atoms with Gasteiger partial charge in [-0.3, -0.25) is 0 Å². The van der Waals surface area contributed by atoms with Gasteiger partial charge in [-0.1, -0.05) is 0 Å². The van der Waals surface area contributed by atoms with Crippen molar-refractivity contribution >= 4 is 0 Å². The van der Waals surface area contributed by atoms with Crippen LogP contribution in [0, 0.1) is 6.92 Å². The second-order valence-corrected chi connectivity index (χ2v) is 5.88. The predicted octanol–water partition coefficient (Wildman–Crippen LogP) is 1.54. The zero-order chi connectivity index (χ0) is 13.1. The summed E-state index contributed by atoms with van der Waals surface area (Å²) in [5, 5.41) is 3.40. The number of rotatable bonds is 5. The van der Waals surface area contributed by atoms with E-state index >= 15 is 0 Å². The summed E-state index contributed by atoms with van der Waals surface area (Å²) in [4.78, 5) is 2.55. The van der Waals surface area contributed by atoms with Gasteiger partial charge >= 0.3 is 0 Å². The third-order valence-corrected chi connectivity index (χ3v) is 4.36. The summed E-state index contributed by atoms with van der Waals surface area (Å²) in [6.07, 6.45) is 2.40. The van der Waals surface area contributed by atoms with Crippen LogP contribution in [-0.4, -0.2) is 50.8 Å². The van der Waals surface area contributed by atoms with Crippen LogP contribution in [0.2, 0.25) is 0 Å². The summed E-state index contributed by atoms with van der Waals surface area (Å²) in [5.74, 6) is 2.12. The molecule has 4 heteroatoms. The van der Waals surface area contributed by atoms with E-state index in [2.05, 4.69) is 22.3 Å². The van der Waals surface area contributed by atoms with Gasteiger partial charge < -0.3 is 19.4 Å². The van der Waals surface area contributed by atoms with E-state index in [1.54, 1.807) is 0 Å². The highest BCUT2D eigenvalue weighted by Gasteiger charge is 2.42. The molecule has 106 valence electrons. The van der Waals surface area contributed by atoms with Crippen molar-refractivity contribution in [1.82, 2.24) is 10.2 Å². The molecule has 3 rings (SSSR count). The highest BCUT2D eigenvalue weighted by Crippen LogP contribution is 2.37. The first-order chi connectivity index (χ1) is 9.28. The molecular formula is C15H24N2O2. The van der Waals surface area contributed by atoms with Crippen LogP contribution in [0.4, 0.5) is 0 Å². The third kappa shape index (κ3) is 2.86. The van der Waals surface area contributed by atoms with E-state index in [-0.39, 0.29) is 5.41 Å². The topological polar surface area (TPSA) is 37.6 Å². The fraction of sp³-hybridized carbons (Fsp3) is 0.733. The average molecular weight is 264 g/mol. The number of nitrogens with one attached hydrogen (secondary N) is 1. The van der Waals surface area contributed by atoms with Crippen molar-refractivity contribution in [3.8, 4) is 0 Å². The van der Waals surface area contributed by atoms with Crippen molar-refractivity contribution in [2.24, 2.45) is 0 Å². The molecule has 1 N–H and O–H groups in total. The van der Waals surface area contributed by atoms with Crippen LogP contribution >= 0.6 is 0 Å². The zero-order valence-corrected chi connectivity index (χ0v) is 11.8. The number of furan rings is 1. The van der Waals surface area contributed by atoms with Crippen LogP contribution < -0.4 is 5.32 Å². The molecule has 0 aliphatic carbocycles. The van der Waals surface area contributed by atoms with Gasteiger partial charge in [0.1, 0.15) is 11.5 Å². The smallest absolute Gasteiger partial charge is 0.114 e. The van der Waals surface area contributed by atoms with Crippen molar-refractivity contribution in [1.29, 1.82) is 0 Å². The van der Waals surface area contributed by atoms with Crippen LogP contribution in [0.25, 0.3) is 0 Å². The highest BCUT2D eigenvalue weighted by atomic mass is 16.5. The largest absolute Gasteiger partial charge is 0.466 e. The first-order valence-corrected chi connectivity index (χ1v) is 7.36. The Bertz CT molecular complexity index is 406. The molecule has 0 bridgehead atoms. The summed E-state index contributed by atoms with van der Waals surface area (Å²) in [7, 11) is 0. The van der Waals surface area contributed by atoms with E-state index in [1.165, 1.54) is 32.5 Å². The number of piperazine rings is 1. The monoisotopic (exact) mass is 264 g/mol. The Labute approximate surface area is 115 Å². The van der Waals surface area contributed by atoms with Gasteiger partial charge in [0, 0.05) is 26.2 Å². The molecule has 0 unspecified atom stereocenters. The van der Waals surface area contributed by atoms with Crippen LogP contribution in [0.15, 0.2) is 16.5 Å². The molecule has 19 heavy (non-hydrogen) atoms. The second kappa shape index (κ2) is 5.65. The molecule has 2 aliphatic rings. The van der Waals surface area contributed by atoms with Gasteiger partial charge in [0.05, 0.1) is 18.6 Å². The summed E-state index contributed by atoms with van der Waals surface area (Å²) < 4.78 is 11.3. The SMILES string of the molecule is Cc1ccc(C2(CCCN3CCNCC3)COC2)o1. The Morgan fingerprint density at radius 2 is 2.05 bits per heavy atom. The predicted molar refractivity (Wildman–Crippen MR) is 74.5 cm³/mol. The quantitative estimate of drug-likeness (QED) is 0.875. The summed E-state index contributed by atoms with van der Waals surface area (Å²) in [5.41, 5.74) is 0.155. The van der Waals surface area contributed by atoms with E-state index in [4.69, 9.17) is 9.15 Å². The fourth-order valence-electron chi connectivity index (χ4n) is 3.05. The Morgan fingerprint density at radius 3 is 2.63 bits per heavy atom. The van der Waals surface area contributed by atoms with Gasteiger partial charge in [0.15, 0.2) is 0 Å². The molecule has 1 aromatic heterocycles. The molecule has 4 nitrogen and oxygen atoms in total. The lowest BCUT2D eigenvalue weighted by molar-refractivity contribution is -0.0760. The molecule has 1 aromatic rings. The number of hydrogen-bond donors (Lipinski definition) is 1. The van der Waals surface area contributed by atoms with Crippen molar-refractivity contribution in [2.45, 2.75) is 25.2 Å². The van der Waals surface area contributed by atoms with Crippen molar-refractivity contribution in [3.05, 3.63) is 23.7 Å². The lowest BCUT2D eigenvalue weighted by Crippen LogP contribution is -2.48. The number of nitrogens with zero attached hydrogens (tertiary/aromatic N) is 1. The standard InChI is InChI=1S/C15H24N2O2/c1-13-3-4-14(19-13)15(11-18-12-15)5-2-8-17-9-6-16-7-10-17/h3-4,16H,2,5-12H2,1H3. The fourth-order valence-corrected chi connectivity index (χ4v) is 3.05. The van der Waals surface area contributed by atoms with Crippen molar-refractivity contribution in [3.63, 3.8) is 0 Å². The molecule has 0 amide bonds. The zero-order valence-electron chi connectivity index (χ0n) is 11.8. The van der Waals surface area contributed by atoms with Gasteiger partial charge in [0.2, 0.25) is 0 Å². The van der Waals surface area contributed by atoms with E-state index in [0.717, 1.165) is 37.8 Å². The van der Waals surface area contributed by atoms with Crippen LogP contribution in [0.1, 0.15) is 24.4 Å². The molecular weight excluding hydrogens is 240 g/mol. The van der Waals surface area contributed by atoms with Crippen molar-refractivity contribution in [2.75, 3.05) is 45.9 Å². The Hall–Kier alpha value is -0.840. The number of ether oxygens (including phenoxy) is 1. The first-order valence-electron chi connectivity index (χ1n) is 7.36. The van der Waals surface area contributed by atoms with E-state index < -0.39 is 0 Å². The summed E-state index contributed by atoms with van der Waals surface area (Å²) >= 11 is 0. The summed E-state index contributed by atoms with van der Waals surface area (Å²) in [6, 6.07) is 4.19. The number of aryl methyl sites for hydroxylation is 1. The molecule has 3 heterocycles. The maximum absolute atomic E-state index is 5.83. The molecule has 2 saturated heterocycles. The second-order valence-electron chi connectivity index (χ2n) is 5.88. The molecule has 2 aliphatic heterocycles. The van der Waals surface area contributed by atoms with Gasteiger partial charge in [-0.05, 0) is 38.4 Å². The molecule has 0 atom stereocenters.